The third-order valence-corrected chi connectivity index (χ3v) is 3.86. The van der Waals surface area contributed by atoms with E-state index in [0.717, 1.165) is 29.9 Å². The normalized spacial score (nSPS) is 21.5. The Morgan fingerprint density at radius 3 is 2.43 bits per heavy atom. The van der Waals surface area contributed by atoms with Gasteiger partial charge in [0.2, 0.25) is 0 Å². The Labute approximate surface area is 125 Å². The molecule has 1 saturated carbocycles. The van der Waals surface area contributed by atoms with Crippen molar-refractivity contribution in [2.45, 2.75) is 52.6 Å². The van der Waals surface area contributed by atoms with Gasteiger partial charge in [-0.05, 0) is 49.8 Å². The highest BCUT2D eigenvalue weighted by Crippen LogP contribution is 2.28. The summed E-state index contributed by atoms with van der Waals surface area (Å²) in [4.78, 5) is 11.2. The second kappa shape index (κ2) is 7.30. The zero-order chi connectivity index (χ0) is 15.2. The van der Waals surface area contributed by atoms with Gasteiger partial charge in [-0.15, -0.1) is 0 Å². The number of hydrogen-bond acceptors (Lipinski definition) is 3. The molecule has 1 aliphatic carbocycles. The third kappa shape index (κ3) is 4.10. The smallest absolute Gasteiger partial charge is 0.336 e. The summed E-state index contributed by atoms with van der Waals surface area (Å²) in [6, 6.07) is 8.90. The number of hydrogen-bond donors (Lipinski definition) is 0. The van der Waals surface area contributed by atoms with E-state index in [1.54, 1.807) is 6.07 Å². The summed E-state index contributed by atoms with van der Waals surface area (Å²) in [6.07, 6.45) is 4.97. The van der Waals surface area contributed by atoms with Crippen LogP contribution >= 0.6 is 0 Å². The number of benzene rings is 1. The summed E-state index contributed by atoms with van der Waals surface area (Å²) in [6.45, 7) is 6.29. The maximum absolute atomic E-state index is 11.2. The lowest BCUT2D eigenvalue weighted by atomic mass is 9.89. The van der Waals surface area contributed by atoms with E-state index < -0.39 is 0 Å². The second-order valence-electron chi connectivity index (χ2n) is 5.45. The van der Waals surface area contributed by atoms with Crippen LogP contribution in [0.2, 0.25) is 0 Å². The third-order valence-electron chi connectivity index (χ3n) is 3.86. The lowest BCUT2D eigenvalue weighted by Crippen LogP contribution is -2.22. The summed E-state index contributed by atoms with van der Waals surface area (Å²) >= 11 is 0. The molecule has 114 valence electrons. The van der Waals surface area contributed by atoms with Crippen LogP contribution in [0.15, 0.2) is 39.5 Å². The van der Waals surface area contributed by atoms with Crippen molar-refractivity contribution in [1.29, 1.82) is 0 Å². The minimum Gasteiger partial charge on any atom is -0.490 e. The van der Waals surface area contributed by atoms with Crippen LogP contribution in [0.4, 0.5) is 0 Å². The molecular weight excluding hydrogens is 264 g/mol. The SMILES string of the molecule is CC.CC1CCC(Oc2ccc3ccc(=O)oc3c2)CC1. The van der Waals surface area contributed by atoms with Crippen molar-refractivity contribution in [2.75, 3.05) is 0 Å². The highest BCUT2D eigenvalue weighted by Gasteiger charge is 2.19. The van der Waals surface area contributed by atoms with Crippen molar-refractivity contribution < 1.29 is 9.15 Å². The van der Waals surface area contributed by atoms with Gasteiger partial charge in [0.05, 0.1) is 6.10 Å². The minimum absolute atomic E-state index is 0.295. The first-order valence-corrected chi connectivity index (χ1v) is 7.91. The Morgan fingerprint density at radius 1 is 1.05 bits per heavy atom. The van der Waals surface area contributed by atoms with Crippen LogP contribution in [-0.2, 0) is 0 Å². The molecule has 1 aromatic heterocycles. The van der Waals surface area contributed by atoms with E-state index in [4.69, 9.17) is 9.15 Å². The molecule has 0 bridgehead atoms. The number of rotatable bonds is 2. The topological polar surface area (TPSA) is 39.4 Å². The van der Waals surface area contributed by atoms with Crippen LogP contribution in [0.3, 0.4) is 0 Å². The van der Waals surface area contributed by atoms with Crippen molar-refractivity contribution in [2.24, 2.45) is 5.92 Å². The van der Waals surface area contributed by atoms with Gasteiger partial charge in [-0.1, -0.05) is 20.8 Å². The van der Waals surface area contributed by atoms with Crippen LogP contribution in [0.5, 0.6) is 5.75 Å². The summed E-state index contributed by atoms with van der Waals surface area (Å²) in [5, 5.41) is 0.921. The summed E-state index contributed by atoms with van der Waals surface area (Å²) in [5.74, 6) is 1.61. The zero-order valence-electron chi connectivity index (χ0n) is 13.1. The first-order valence-electron chi connectivity index (χ1n) is 7.91. The van der Waals surface area contributed by atoms with Crippen molar-refractivity contribution in [1.82, 2.24) is 0 Å². The Kier molecular flexibility index (Phi) is 5.43. The fourth-order valence-corrected chi connectivity index (χ4v) is 2.65. The molecule has 3 heteroatoms. The molecule has 0 aliphatic heterocycles. The Balaban J connectivity index is 0.000000774. The summed E-state index contributed by atoms with van der Waals surface area (Å²) < 4.78 is 11.2. The molecule has 0 unspecified atom stereocenters. The fourth-order valence-electron chi connectivity index (χ4n) is 2.65. The lowest BCUT2D eigenvalue weighted by Gasteiger charge is -2.26. The molecule has 0 N–H and O–H groups in total. The highest BCUT2D eigenvalue weighted by atomic mass is 16.5. The second-order valence-corrected chi connectivity index (χ2v) is 5.45. The molecule has 0 radical (unpaired) electrons. The molecule has 1 heterocycles. The molecule has 0 saturated heterocycles. The van der Waals surface area contributed by atoms with E-state index in [9.17, 15) is 4.79 Å². The largest absolute Gasteiger partial charge is 0.490 e. The Bertz CT molecular complexity index is 622. The maximum Gasteiger partial charge on any atom is 0.336 e. The maximum atomic E-state index is 11.2. The van der Waals surface area contributed by atoms with Gasteiger partial charge >= 0.3 is 5.63 Å². The molecule has 1 fully saturated rings. The molecule has 0 amide bonds. The van der Waals surface area contributed by atoms with Crippen molar-refractivity contribution in [3.63, 3.8) is 0 Å². The average Bonchev–Trinajstić information content (AvgIpc) is 2.51. The van der Waals surface area contributed by atoms with Gasteiger partial charge in [-0.25, -0.2) is 4.79 Å². The van der Waals surface area contributed by atoms with Crippen molar-refractivity contribution in [3.8, 4) is 5.75 Å². The molecule has 21 heavy (non-hydrogen) atoms. The monoisotopic (exact) mass is 288 g/mol. The zero-order valence-corrected chi connectivity index (χ0v) is 13.1. The van der Waals surface area contributed by atoms with Crippen LogP contribution in [0.1, 0.15) is 46.5 Å². The van der Waals surface area contributed by atoms with E-state index in [1.807, 2.05) is 32.0 Å². The summed E-state index contributed by atoms with van der Waals surface area (Å²) in [5.41, 5.74) is 0.269. The molecule has 2 aromatic rings. The molecule has 0 atom stereocenters. The summed E-state index contributed by atoms with van der Waals surface area (Å²) in [7, 11) is 0. The van der Waals surface area contributed by atoms with Crippen LogP contribution < -0.4 is 10.4 Å². The van der Waals surface area contributed by atoms with Crippen LogP contribution in [-0.4, -0.2) is 6.10 Å². The lowest BCUT2D eigenvalue weighted by molar-refractivity contribution is 0.135. The van der Waals surface area contributed by atoms with E-state index in [-0.39, 0.29) is 5.63 Å². The van der Waals surface area contributed by atoms with Gasteiger partial charge < -0.3 is 9.15 Å². The molecule has 1 aliphatic rings. The molecule has 3 nitrogen and oxygen atoms in total. The van der Waals surface area contributed by atoms with Crippen molar-refractivity contribution in [3.05, 3.63) is 40.8 Å². The number of fused-ring (bicyclic) bond motifs is 1. The first kappa shape index (κ1) is 15.6. The number of ether oxygens (including phenoxy) is 1. The quantitative estimate of drug-likeness (QED) is 0.747. The van der Waals surface area contributed by atoms with Gasteiger partial charge in [0.25, 0.3) is 0 Å². The van der Waals surface area contributed by atoms with Crippen molar-refractivity contribution >= 4 is 11.0 Å². The molecular formula is C18H24O3. The molecule has 3 rings (SSSR count). The van der Waals surface area contributed by atoms with Gasteiger partial charge in [0, 0.05) is 17.5 Å². The average molecular weight is 288 g/mol. The first-order chi connectivity index (χ1) is 10.2. The van der Waals surface area contributed by atoms with E-state index in [0.29, 0.717) is 11.7 Å². The molecule has 1 aromatic carbocycles. The predicted octanol–water partition coefficient (Wildman–Crippen LogP) is 4.78. The Hall–Kier alpha value is -1.77. The highest BCUT2D eigenvalue weighted by molar-refractivity contribution is 5.77. The fraction of sp³-hybridized carbons (Fsp3) is 0.500. The van der Waals surface area contributed by atoms with Gasteiger partial charge in [-0.2, -0.15) is 0 Å². The minimum atomic E-state index is -0.323. The van der Waals surface area contributed by atoms with Gasteiger partial charge in [0.15, 0.2) is 0 Å². The van der Waals surface area contributed by atoms with Crippen LogP contribution in [0.25, 0.3) is 11.0 Å². The van der Waals surface area contributed by atoms with E-state index >= 15 is 0 Å². The standard InChI is InChI=1S/C16H18O3.C2H6/c1-11-2-6-13(7-3-11)18-14-8-4-12-5-9-16(17)19-15(12)10-14;1-2/h4-5,8-11,13H,2-3,6-7H2,1H3;1-2H3. The van der Waals surface area contributed by atoms with E-state index in [2.05, 4.69) is 6.92 Å². The van der Waals surface area contributed by atoms with Gasteiger partial charge in [0.1, 0.15) is 11.3 Å². The van der Waals surface area contributed by atoms with Crippen LogP contribution in [0, 0.1) is 5.92 Å². The van der Waals surface area contributed by atoms with E-state index in [1.165, 1.54) is 18.9 Å². The molecule has 0 spiro atoms. The Morgan fingerprint density at radius 2 is 1.71 bits per heavy atom. The van der Waals surface area contributed by atoms with Gasteiger partial charge in [-0.3, -0.25) is 0 Å². The predicted molar refractivity (Wildman–Crippen MR) is 85.9 cm³/mol.